The summed E-state index contributed by atoms with van der Waals surface area (Å²) in [5.41, 5.74) is 7.97. The Morgan fingerprint density at radius 2 is 2.24 bits per heavy atom. The summed E-state index contributed by atoms with van der Waals surface area (Å²) in [5, 5.41) is 8.85. The maximum absolute atomic E-state index is 8.85. The standard InChI is InChI=1S/C13H17N3O/c1-9-8-17-10(2)7-16(9)12-4-3-11(6-14)13(15)5-12/h3-5,9-10H,7-8,15H2,1-2H3. The van der Waals surface area contributed by atoms with E-state index >= 15 is 0 Å². The number of nitrogens with two attached hydrogens (primary N) is 1. The summed E-state index contributed by atoms with van der Waals surface area (Å²) in [6.07, 6.45) is 0.225. The molecule has 2 N–H and O–H groups in total. The zero-order chi connectivity index (χ0) is 12.4. The third-order valence-electron chi connectivity index (χ3n) is 3.10. The smallest absolute Gasteiger partial charge is 0.101 e. The third kappa shape index (κ3) is 2.34. The molecule has 2 unspecified atom stereocenters. The van der Waals surface area contributed by atoms with Crippen molar-refractivity contribution in [3.05, 3.63) is 23.8 Å². The Labute approximate surface area is 102 Å². The summed E-state index contributed by atoms with van der Waals surface area (Å²) in [6.45, 7) is 5.76. The first-order valence-electron chi connectivity index (χ1n) is 5.79. The molecule has 4 heteroatoms. The van der Waals surface area contributed by atoms with Crippen LogP contribution in [0.25, 0.3) is 0 Å². The molecule has 1 aromatic rings. The Morgan fingerprint density at radius 1 is 1.47 bits per heavy atom. The minimum atomic E-state index is 0.225. The van der Waals surface area contributed by atoms with Gasteiger partial charge in [-0.3, -0.25) is 0 Å². The highest BCUT2D eigenvalue weighted by molar-refractivity contribution is 5.64. The molecule has 1 heterocycles. The minimum Gasteiger partial charge on any atom is -0.398 e. The van der Waals surface area contributed by atoms with Gasteiger partial charge in [0.15, 0.2) is 0 Å². The molecule has 2 rings (SSSR count). The number of nitrogens with zero attached hydrogens (tertiary/aromatic N) is 2. The van der Waals surface area contributed by atoms with Gasteiger partial charge in [0.25, 0.3) is 0 Å². The lowest BCUT2D eigenvalue weighted by Crippen LogP contribution is -2.47. The Morgan fingerprint density at radius 3 is 2.88 bits per heavy atom. The van der Waals surface area contributed by atoms with Crippen molar-refractivity contribution in [3.63, 3.8) is 0 Å². The average molecular weight is 231 g/mol. The molecule has 0 radical (unpaired) electrons. The lowest BCUT2D eigenvalue weighted by Gasteiger charge is -2.38. The zero-order valence-corrected chi connectivity index (χ0v) is 10.2. The Bertz CT molecular complexity index is 452. The number of nitriles is 1. The molecule has 90 valence electrons. The van der Waals surface area contributed by atoms with E-state index in [9.17, 15) is 0 Å². The third-order valence-corrected chi connectivity index (χ3v) is 3.10. The van der Waals surface area contributed by atoms with Crippen molar-refractivity contribution in [3.8, 4) is 6.07 Å². The molecule has 2 atom stereocenters. The van der Waals surface area contributed by atoms with Crippen molar-refractivity contribution >= 4 is 11.4 Å². The Balaban J connectivity index is 2.27. The van der Waals surface area contributed by atoms with Gasteiger partial charge in [0.2, 0.25) is 0 Å². The van der Waals surface area contributed by atoms with E-state index in [1.165, 1.54) is 0 Å². The van der Waals surface area contributed by atoms with Crippen LogP contribution in [0.3, 0.4) is 0 Å². The molecule has 0 amide bonds. The van der Waals surface area contributed by atoms with Crippen molar-refractivity contribution in [1.29, 1.82) is 5.26 Å². The zero-order valence-electron chi connectivity index (χ0n) is 10.2. The van der Waals surface area contributed by atoms with Crippen molar-refractivity contribution in [2.45, 2.75) is 26.0 Å². The summed E-state index contributed by atoms with van der Waals surface area (Å²) in [5.74, 6) is 0. The Hall–Kier alpha value is -1.73. The van der Waals surface area contributed by atoms with Crippen LogP contribution in [-0.2, 0) is 4.74 Å². The molecular weight excluding hydrogens is 214 g/mol. The maximum Gasteiger partial charge on any atom is 0.101 e. The van der Waals surface area contributed by atoms with E-state index in [-0.39, 0.29) is 6.10 Å². The molecule has 0 spiro atoms. The molecule has 4 nitrogen and oxygen atoms in total. The molecule has 1 aliphatic rings. The molecule has 17 heavy (non-hydrogen) atoms. The first-order valence-corrected chi connectivity index (χ1v) is 5.79. The first kappa shape index (κ1) is 11.7. The summed E-state index contributed by atoms with van der Waals surface area (Å²) in [7, 11) is 0. The molecule has 1 fully saturated rings. The van der Waals surface area contributed by atoms with Gasteiger partial charge in [-0.05, 0) is 32.0 Å². The predicted octanol–water partition coefficient (Wildman–Crippen LogP) is 1.75. The van der Waals surface area contributed by atoms with Crippen molar-refractivity contribution in [2.24, 2.45) is 0 Å². The molecular formula is C13H17N3O. The molecule has 1 aromatic carbocycles. The maximum atomic E-state index is 8.85. The van der Waals surface area contributed by atoms with Crippen LogP contribution < -0.4 is 10.6 Å². The summed E-state index contributed by atoms with van der Waals surface area (Å²) in [6, 6.07) is 8.00. The fourth-order valence-electron chi connectivity index (χ4n) is 2.09. The summed E-state index contributed by atoms with van der Waals surface area (Å²) in [4.78, 5) is 2.27. The van der Waals surface area contributed by atoms with E-state index in [2.05, 4.69) is 24.8 Å². The predicted molar refractivity (Wildman–Crippen MR) is 67.8 cm³/mol. The summed E-state index contributed by atoms with van der Waals surface area (Å²) >= 11 is 0. The van der Waals surface area contributed by atoms with E-state index in [1.807, 2.05) is 12.1 Å². The normalized spacial score (nSPS) is 24.4. The SMILES string of the molecule is CC1CN(c2ccc(C#N)c(N)c2)C(C)CO1. The van der Waals surface area contributed by atoms with Gasteiger partial charge in [-0.2, -0.15) is 5.26 Å². The van der Waals surface area contributed by atoms with Crippen LogP contribution in [0.15, 0.2) is 18.2 Å². The second kappa shape index (κ2) is 4.64. The molecule has 0 aromatic heterocycles. The van der Waals surface area contributed by atoms with Gasteiger partial charge >= 0.3 is 0 Å². The van der Waals surface area contributed by atoms with E-state index in [1.54, 1.807) is 6.07 Å². The van der Waals surface area contributed by atoms with Gasteiger partial charge < -0.3 is 15.4 Å². The summed E-state index contributed by atoms with van der Waals surface area (Å²) < 4.78 is 5.59. The minimum absolute atomic E-state index is 0.225. The average Bonchev–Trinajstić information content (AvgIpc) is 2.32. The quantitative estimate of drug-likeness (QED) is 0.748. The van der Waals surface area contributed by atoms with Gasteiger partial charge in [-0.25, -0.2) is 0 Å². The fourth-order valence-corrected chi connectivity index (χ4v) is 2.09. The number of morpholine rings is 1. The molecule has 0 aliphatic carbocycles. The van der Waals surface area contributed by atoms with Gasteiger partial charge in [-0.15, -0.1) is 0 Å². The Kier molecular flexibility index (Phi) is 3.21. The number of hydrogen-bond acceptors (Lipinski definition) is 4. The number of benzene rings is 1. The number of hydrogen-bond donors (Lipinski definition) is 1. The van der Waals surface area contributed by atoms with Crippen LogP contribution >= 0.6 is 0 Å². The van der Waals surface area contributed by atoms with Gasteiger partial charge in [-0.1, -0.05) is 0 Å². The molecule has 0 saturated carbocycles. The monoisotopic (exact) mass is 231 g/mol. The van der Waals surface area contributed by atoms with Gasteiger partial charge in [0.05, 0.1) is 24.0 Å². The molecule has 0 bridgehead atoms. The molecule has 1 saturated heterocycles. The van der Waals surface area contributed by atoms with Crippen molar-refractivity contribution in [1.82, 2.24) is 0 Å². The van der Waals surface area contributed by atoms with Crippen molar-refractivity contribution < 1.29 is 4.74 Å². The molecule has 1 aliphatic heterocycles. The second-order valence-electron chi connectivity index (χ2n) is 4.53. The van der Waals surface area contributed by atoms with E-state index in [0.29, 0.717) is 17.3 Å². The van der Waals surface area contributed by atoms with E-state index in [0.717, 1.165) is 18.8 Å². The highest BCUT2D eigenvalue weighted by Gasteiger charge is 2.23. The van der Waals surface area contributed by atoms with Crippen LogP contribution in [-0.4, -0.2) is 25.3 Å². The van der Waals surface area contributed by atoms with E-state index in [4.69, 9.17) is 15.7 Å². The van der Waals surface area contributed by atoms with Crippen LogP contribution in [0, 0.1) is 11.3 Å². The topological polar surface area (TPSA) is 62.3 Å². The van der Waals surface area contributed by atoms with Crippen LogP contribution in [0.1, 0.15) is 19.4 Å². The van der Waals surface area contributed by atoms with Crippen molar-refractivity contribution in [2.75, 3.05) is 23.8 Å². The largest absolute Gasteiger partial charge is 0.398 e. The highest BCUT2D eigenvalue weighted by Crippen LogP contribution is 2.25. The van der Waals surface area contributed by atoms with Crippen LogP contribution in [0.4, 0.5) is 11.4 Å². The highest BCUT2D eigenvalue weighted by atomic mass is 16.5. The number of nitrogen functional groups attached to an aromatic ring is 1. The van der Waals surface area contributed by atoms with Crippen LogP contribution in [0.5, 0.6) is 0 Å². The van der Waals surface area contributed by atoms with Crippen LogP contribution in [0.2, 0.25) is 0 Å². The fraction of sp³-hybridized carbons (Fsp3) is 0.462. The van der Waals surface area contributed by atoms with Gasteiger partial charge in [0.1, 0.15) is 6.07 Å². The number of rotatable bonds is 1. The lowest BCUT2D eigenvalue weighted by molar-refractivity contribution is 0.0344. The van der Waals surface area contributed by atoms with E-state index < -0.39 is 0 Å². The number of anilines is 2. The van der Waals surface area contributed by atoms with Gasteiger partial charge in [0, 0.05) is 18.3 Å². The lowest BCUT2D eigenvalue weighted by atomic mass is 10.1. The number of ether oxygens (including phenoxy) is 1. The first-order chi connectivity index (χ1) is 8.11. The second-order valence-corrected chi connectivity index (χ2v) is 4.53.